The van der Waals surface area contributed by atoms with Crippen molar-refractivity contribution in [3.63, 3.8) is 0 Å². The molecule has 2 aliphatic carbocycles. The summed E-state index contributed by atoms with van der Waals surface area (Å²) in [5, 5.41) is 18.6. The van der Waals surface area contributed by atoms with E-state index in [4.69, 9.17) is 5.26 Å². The van der Waals surface area contributed by atoms with Crippen LogP contribution < -0.4 is 0 Å². The first-order valence-corrected chi connectivity index (χ1v) is 8.12. The van der Waals surface area contributed by atoms with E-state index in [1.54, 1.807) is 6.20 Å². The first kappa shape index (κ1) is 14.9. The summed E-state index contributed by atoms with van der Waals surface area (Å²) >= 11 is 1.45. The molecule has 0 aliphatic heterocycles. The molecule has 4 nitrogen and oxygen atoms in total. The van der Waals surface area contributed by atoms with Crippen LogP contribution in [0.1, 0.15) is 30.5 Å². The Kier molecular flexibility index (Phi) is 4.04. The van der Waals surface area contributed by atoms with Crippen molar-refractivity contribution in [2.45, 2.75) is 41.7 Å². The number of nitriles is 1. The number of carboxylic acid groups (broad SMARTS) is 1. The van der Waals surface area contributed by atoms with Gasteiger partial charge >= 0.3 is 5.97 Å². The molecule has 2 aliphatic rings. The number of hydrogen-bond acceptors (Lipinski definition) is 4. The maximum Gasteiger partial charge on any atom is 0.320 e. The van der Waals surface area contributed by atoms with Gasteiger partial charge in [0.1, 0.15) is 4.75 Å². The van der Waals surface area contributed by atoms with E-state index in [2.05, 4.69) is 11.1 Å². The first-order chi connectivity index (χ1) is 10.6. The molecule has 1 saturated carbocycles. The topological polar surface area (TPSA) is 74.0 Å². The van der Waals surface area contributed by atoms with Gasteiger partial charge in [0.05, 0.1) is 6.07 Å². The number of thioether (sulfide) groups is 1. The van der Waals surface area contributed by atoms with Crippen molar-refractivity contribution < 1.29 is 9.90 Å². The molecule has 0 bridgehead atoms. The normalized spacial score (nSPS) is 22.8. The van der Waals surface area contributed by atoms with Crippen molar-refractivity contribution in [1.82, 2.24) is 4.98 Å². The number of rotatable bonds is 3. The number of fused-ring (bicyclic) bond motifs is 1. The highest BCUT2D eigenvalue weighted by molar-refractivity contribution is 8.01. The van der Waals surface area contributed by atoms with Gasteiger partial charge in [-0.05, 0) is 43.4 Å². The van der Waals surface area contributed by atoms with E-state index >= 15 is 0 Å². The maximum atomic E-state index is 11.6. The predicted molar refractivity (Wildman–Crippen MR) is 84.6 cm³/mol. The van der Waals surface area contributed by atoms with Crippen LogP contribution in [0.4, 0.5) is 0 Å². The number of hydrogen-bond donors (Lipinski definition) is 1. The van der Waals surface area contributed by atoms with Crippen LogP contribution in [0.2, 0.25) is 0 Å². The van der Waals surface area contributed by atoms with Gasteiger partial charge in [-0.15, -0.1) is 11.8 Å². The molecule has 0 saturated heterocycles. The fourth-order valence-corrected chi connectivity index (χ4v) is 4.19. The van der Waals surface area contributed by atoms with E-state index in [-0.39, 0.29) is 0 Å². The Morgan fingerprint density at radius 1 is 1.41 bits per heavy atom. The Hall–Kier alpha value is -2.06. The number of carbonyl (C=O) groups is 1. The molecule has 5 heteroatoms. The zero-order chi connectivity index (χ0) is 15.6. The van der Waals surface area contributed by atoms with Gasteiger partial charge in [-0.25, -0.2) is 0 Å². The van der Waals surface area contributed by atoms with Crippen LogP contribution in [0.15, 0.2) is 41.0 Å². The molecule has 112 valence electrons. The fourth-order valence-electron chi connectivity index (χ4n) is 2.73. The average molecular weight is 312 g/mol. The van der Waals surface area contributed by atoms with Crippen molar-refractivity contribution in [2.24, 2.45) is 0 Å². The van der Waals surface area contributed by atoms with Crippen LogP contribution >= 0.6 is 11.8 Å². The molecular formula is C17H16N2O2S. The lowest BCUT2D eigenvalue weighted by atomic mass is 9.84. The van der Waals surface area contributed by atoms with Crippen LogP contribution in [0.3, 0.4) is 0 Å². The molecule has 0 unspecified atom stereocenters. The summed E-state index contributed by atoms with van der Waals surface area (Å²) in [6.07, 6.45) is 11.1. The second kappa shape index (κ2) is 5.98. The number of allylic oxidation sites excluding steroid dienone is 4. The van der Waals surface area contributed by atoms with Gasteiger partial charge in [0.2, 0.25) is 0 Å². The number of aromatic nitrogens is 1. The average Bonchev–Trinajstić information content (AvgIpc) is 2.43. The largest absolute Gasteiger partial charge is 0.480 e. The van der Waals surface area contributed by atoms with Crippen LogP contribution in [-0.4, -0.2) is 20.8 Å². The quantitative estimate of drug-likeness (QED) is 0.927. The molecule has 0 atom stereocenters. The van der Waals surface area contributed by atoms with Gasteiger partial charge in [0.15, 0.2) is 0 Å². The summed E-state index contributed by atoms with van der Waals surface area (Å²) in [6, 6.07) is 4.06. The molecular weight excluding hydrogens is 296 g/mol. The Morgan fingerprint density at radius 2 is 2.23 bits per heavy atom. The minimum Gasteiger partial charge on any atom is -0.480 e. The van der Waals surface area contributed by atoms with Gasteiger partial charge in [0.25, 0.3) is 0 Å². The Bertz CT molecular complexity index is 712. The Morgan fingerprint density at radius 3 is 2.86 bits per heavy atom. The lowest BCUT2D eigenvalue weighted by Gasteiger charge is -2.37. The number of aliphatic carboxylic acids is 1. The minimum atomic E-state index is -0.728. The summed E-state index contributed by atoms with van der Waals surface area (Å²) in [5.41, 5.74) is 2.66. The Balaban J connectivity index is 1.96. The molecule has 1 aromatic heterocycles. The summed E-state index contributed by atoms with van der Waals surface area (Å²) in [5.74, 6) is -0.728. The van der Waals surface area contributed by atoms with Crippen molar-refractivity contribution in [1.29, 1.82) is 5.26 Å². The van der Waals surface area contributed by atoms with Crippen LogP contribution in [0, 0.1) is 11.3 Å². The van der Waals surface area contributed by atoms with Crippen molar-refractivity contribution in [3.8, 4) is 6.07 Å². The van der Waals surface area contributed by atoms with E-state index in [0.29, 0.717) is 31.3 Å². The second-order valence-electron chi connectivity index (χ2n) is 5.57. The molecule has 0 amide bonds. The van der Waals surface area contributed by atoms with E-state index in [9.17, 15) is 9.90 Å². The summed E-state index contributed by atoms with van der Waals surface area (Å²) in [7, 11) is 0. The summed E-state index contributed by atoms with van der Waals surface area (Å²) in [4.78, 5) is 17.0. The third-order valence-electron chi connectivity index (χ3n) is 4.22. The SMILES string of the molecule is N#CC1=C/Cc2c(SC3(C(=O)O)CCC3)ccnc2C/C=C\1. The Labute approximate surface area is 133 Å². The monoisotopic (exact) mass is 312 g/mol. The third-order valence-corrected chi connectivity index (χ3v) is 5.80. The van der Waals surface area contributed by atoms with Crippen LogP contribution in [-0.2, 0) is 17.6 Å². The van der Waals surface area contributed by atoms with Crippen molar-refractivity contribution >= 4 is 17.7 Å². The fraction of sp³-hybridized carbons (Fsp3) is 0.353. The highest BCUT2D eigenvalue weighted by atomic mass is 32.2. The highest BCUT2D eigenvalue weighted by Gasteiger charge is 2.45. The van der Waals surface area contributed by atoms with E-state index < -0.39 is 10.7 Å². The maximum absolute atomic E-state index is 11.6. The van der Waals surface area contributed by atoms with E-state index in [1.165, 1.54) is 11.8 Å². The lowest BCUT2D eigenvalue weighted by Crippen LogP contribution is -2.41. The van der Waals surface area contributed by atoms with Gasteiger partial charge in [-0.2, -0.15) is 5.26 Å². The molecule has 22 heavy (non-hydrogen) atoms. The highest BCUT2D eigenvalue weighted by Crippen LogP contribution is 2.49. The van der Waals surface area contributed by atoms with Gasteiger partial charge in [-0.3, -0.25) is 9.78 Å². The van der Waals surface area contributed by atoms with Gasteiger partial charge in [-0.1, -0.05) is 12.2 Å². The summed E-state index contributed by atoms with van der Waals surface area (Å²) in [6.45, 7) is 0. The third kappa shape index (κ3) is 2.67. The molecule has 1 fully saturated rings. The minimum absolute atomic E-state index is 0.619. The zero-order valence-corrected chi connectivity index (χ0v) is 12.9. The molecule has 0 aromatic carbocycles. The van der Waals surface area contributed by atoms with E-state index in [0.717, 1.165) is 22.6 Å². The van der Waals surface area contributed by atoms with E-state index in [1.807, 2.05) is 24.3 Å². The van der Waals surface area contributed by atoms with Gasteiger partial charge < -0.3 is 5.11 Å². The lowest BCUT2D eigenvalue weighted by molar-refractivity contribution is -0.142. The molecule has 1 N–H and O–H groups in total. The van der Waals surface area contributed by atoms with Crippen LogP contribution in [0.25, 0.3) is 0 Å². The number of pyridine rings is 1. The number of carboxylic acids is 1. The standard InChI is InChI=1S/C17H16N2O2S/c18-11-12-3-1-4-14-13(6-5-12)15(7-10-19-14)22-17(16(20)21)8-2-9-17/h1,3,5,7,10H,2,4,6,8-9H2,(H,20,21)/b3-1-,12-5+. The molecule has 3 rings (SSSR count). The summed E-state index contributed by atoms with van der Waals surface area (Å²) < 4.78 is -0.685. The van der Waals surface area contributed by atoms with Crippen LogP contribution in [0.5, 0.6) is 0 Å². The zero-order valence-electron chi connectivity index (χ0n) is 12.1. The van der Waals surface area contributed by atoms with Crippen molar-refractivity contribution in [3.05, 3.63) is 47.3 Å². The number of nitrogens with zero attached hydrogens (tertiary/aromatic N) is 2. The molecule has 0 spiro atoms. The smallest absolute Gasteiger partial charge is 0.320 e. The molecule has 0 radical (unpaired) electrons. The van der Waals surface area contributed by atoms with Gasteiger partial charge in [0, 0.05) is 28.8 Å². The second-order valence-corrected chi connectivity index (χ2v) is 7.00. The molecule has 1 aromatic rings. The molecule has 1 heterocycles. The predicted octanol–water partition coefficient (Wildman–Crippen LogP) is 3.29. The first-order valence-electron chi connectivity index (χ1n) is 7.30. The van der Waals surface area contributed by atoms with Crippen molar-refractivity contribution in [2.75, 3.05) is 0 Å².